The summed E-state index contributed by atoms with van der Waals surface area (Å²) in [6.45, 7) is 8.12. The number of nitrogens with two attached hydrogens (primary N) is 1. The van der Waals surface area contributed by atoms with E-state index in [1.54, 1.807) is 13.8 Å². The van der Waals surface area contributed by atoms with E-state index in [2.05, 4.69) is 0 Å². The Morgan fingerprint density at radius 3 is 2.25 bits per heavy atom. The Morgan fingerprint density at radius 2 is 1.88 bits per heavy atom. The summed E-state index contributed by atoms with van der Waals surface area (Å²) in [5, 5.41) is 0. The molecule has 16 heavy (non-hydrogen) atoms. The van der Waals surface area contributed by atoms with Crippen molar-refractivity contribution in [3.05, 3.63) is 0 Å². The van der Waals surface area contributed by atoms with Gasteiger partial charge in [-0.1, -0.05) is 13.8 Å². The summed E-state index contributed by atoms with van der Waals surface area (Å²) in [5.41, 5.74) is 5.52. The van der Waals surface area contributed by atoms with Gasteiger partial charge in [0.2, 0.25) is 5.91 Å². The Morgan fingerprint density at radius 1 is 1.31 bits per heavy atom. The predicted molar refractivity (Wildman–Crippen MR) is 61.7 cm³/mol. The van der Waals surface area contributed by atoms with Crippen LogP contribution in [-0.4, -0.2) is 42.5 Å². The molecule has 0 aliphatic carbocycles. The second-order valence-corrected chi connectivity index (χ2v) is 4.21. The van der Waals surface area contributed by atoms with Crippen molar-refractivity contribution < 1.29 is 14.3 Å². The van der Waals surface area contributed by atoms with E-state index in [9.17, 15) is 9.59 Å². The minimum Gasteiger partial charge on any atom is -0.465 e. The van der Waals surface area contributed by atoms with Crippen LogP contribution in [0.25, 0.3) is 0 Å². The van der Waals surface area contributed by atoms with Gasteiger partial charge in [-0.15, -0.1) is 0 Å². The van der Waals surface area contributed by atoms with E-state index in [1.807, 2.05) is 13.8 Å². The maximum atomic E-state index is 11.7. The summed E-state index contributed by atoms with van der Waals surface area (Å²) in [6.07, 6.45) is 0. The lowest BCUT2D eigenvalue weighted by atomic mass is 10.2. The molecule has 0 aromatic rings. The molecule has 0 spiro atoms. The monoisotopic (exact) mass is 230 g/mol. The molecule has 1 atom stereocenters. The highest BCUT2D eigenvalue weighted by Crippen LogP contribution is 2.01. The molecule has 0 radical (unpaired) electrons. The second kappa shape index (κ2) is 7.22. The molecule has 0 aromatic heterocycles. The van der Waals surface area contributed by atoms with Crippen LogP contribution < -0.4 is 5.73 Å². The third kappa shape index (κ3) is 5.70. The minimum absolute atomic E-state index is 0.0214. The van der Waals surface area contributed by atoms with Crippen LogP contribution in [0.15, 0.2) is 0 Å². The number of hydrogen-bond acceptors (Lipinski definition) is 4. The number of carbonyl (C=O) groups is 2. The van der Waals surface area contributed by atoms with Crippen LogP contribution in [0.5, 0.6) is 0 Å². The van der Waals surface area contributed by atoms with Crippen LogP contribution in [0, 0.1) is 5.92 Å². The number of esters is 1. The Hall–Kier alpha value is -1.10. The number of carbonyl (C=O) groups excluding carboxylic acids is 2. The average Bonchev–Trinajstić information content (AvgIpc) is 2.15. The highest BCUT2D eigenvalue weighted by molar-refractivity contribution is 5.85. The summed E-state index contributed by atoms with van der Waals surface area (Å²) < 4.78 is 4.81. The largest absolute Gasteiger partial charge is 0.465 e. The molecular formula is C11H22N2O3. The highest BCUT2D eigenvalue weighted by Gasteiger charge is 2.21. The third-order valence-electron chi connectivity index (χ3n) is 1.91. The third-order valence-corrected chi connectivity index (χ3v) is 1.91. The van der Waals surface area contributed by atoms with Gasteiger partial charge < -0.3 is 15.4 Å². The van der Waals surface area contributed by atoms with E-state index in [1.165, 1.54) is 4.90 Å². The summed E-state index contributed by atoms with van der Waals surface area (Å²) >= 11 is 0. The standard InChI is InChI=1S/C11H22N2O3/c1-5-16-10(14)7-13(6-8(2)3)11(15)9(4)12/h8-9H,5-7,12H2,1-4H3. The molecule has 0 rings (SSSR count). The van der Waals surface area contributed by atoms with E-state index in [0.29, 0.717) is 13.2 Å². The molecule has 0 fully saturated rings. The molecule has 2 N–H and O–H groups in total. The maximum absolute atomic E-state index is 11.7. The Bertz CT molecular complexity index is 239. The van der Waals surface area contributed by atoms with Crippen molar-refractivity contribution in [2.24, 2.45) is 11.7 Å². The van der Waals surface area contributed by atoms with Gasteiger partial charge in [0, 0.05) is 6.54 Å². The first-order chi connectivity index (χ1) is 7.38. The molecule has 0 bridgehead atoms. The van der Waals surface area contributed by atoms with Crippen LogP contribution in [0.2, 0.25) is 0 Å². The molecule has 94 valence electrons. The van der Waals surface area contributed by atoms with Crippen molar-refractivity contribution in [1.29, 1.82) is 0 Å². The molecule has 0 saturated heterocycles. The Balaban J connectivity index is 4.43. The molecular weight excluding hydrogens is 208 g/mol. The van der Waals surface area contributed by atoms with Gasteiger partial charge in [0.25, 0.3) is 0 Å². The fraction of sp³-hybridized carbons (Fsp3) is 0.818. The summed E-state index contributed by atoms with van der Waals surface area (Å²) in [5.74, 6) is -0.323. The van der Waals surface area contributed by atoms with E-state index in [0.717, 1.165) is 0 Å². The van der Waals surface area contributed by atoms with Crippen molar-refractivity contribution >= 4 is 11.9 Å². The van der Waals surface area contributed by atoms with Crippen molar-refractivity contribution in [2.45, 2.75) is 33.7 Å². The fourth-order valence-corrected chi connectivity index (χ4v) is 1.32. The highest BCUT2D eigenvalue weighted by atomic mass is 16.5. The quantitative estimate of drug-likeness (QED) is 0.670. The summed E-state index contributed by atoms with van der Waals surface area (Å²) in [7, 11) is 0. The number of nitrogens with zero attached hydrogens (tertiary/aromatic N) is 1. The van der Waals surface area contributed by atoms with Crippen LogP contribution in [0.3, 0.4) is 0 Å². The molecule has 0 aliphatic rings. The molecule has 5 heteroatoms. The predicted octanol–water partition coefficient (Wildman–Crippen LogP) is 0.381. The molecule has 0 saturated carbocycles. The van der Waals surface area contributed by atoms with E-state index in [4.69, 9.17) is 10.5 Å². The smallest absolute Gasteiger partial charge is 0.325 e. The van der Waals surface area contributed by atoms with Gasteiger partial charge in [0.15, 0.2) is 0 Å². The zero-order valence-electron chi connectivity index (χ0n) is 10.5. The van der Waals surface area contributed by atoms with Crippen molar-refractivity contribution in [2.75, 3.05) is 19.7 Å². The first-order valence-electron chi connectivity index (χ1n) is 5.58. The van der Waals surface area contributed by atoms with Gasteiger partial charge in [-0.25, -0.2) is 0 Å². The number of hydrogen-bond donors (Lipinski definition) is 1. The first kappa shape index (κ1) is 14.9. The minimum atomic E-state index is -0.590. The van der Waals surface area contributed by atoms with Gasteiger partial charge in [-0.05, 0) is 19.8 Å². The van der Waals surface area contributed by atoms with E-state index < -0.39 is 12.0 Å². The maximum Gasteiger partial charge on any atom is 0.325 e. The lowest BCUT2D eigenvalue weighted by molar-refractivity contribution is -0.149. The lowest BCUT2D eigenvalue weighted by Crippen LogP contribution is -2.46. The molecule has 1 amide bonds. The van der Waals surface area contributed by atoms with Crippen LogP contribution >= 0.6 is 0 Å². The Kier molecular flexibility index (Phi) is 6.72. The van der Waals surface area contributed by atoms with E-state index >= 15 is 0 Å². The normalized spacial score (nSPS) is 12.4. The van der Waals surface area contributed by atoms with Crippen LogP contribution in [0.1, 0.15) is 27.7 Å². The van der Waals surface area contributed by atoms with Gasteiger partial charge in [-0.2, -0.15) is 0 Å². The topological polar surface area (TPSA) is 72.6 Å². The van der Waals surface area contributed by atoms with Crippen molar-refractivity contribution in [3.8, 4) is 0 Å². The molecule has 1 unspecified atom stereocenters. The second-order valence-electron chi connectivity index (χ2n) is 4.21. The van der Waals surface area contributed by atoms with Gasteiger partial charge >= 0.3 is 5.97 Å². The first-order valence-corrected chi connectivity index (χ1v) is 5.58. The van der Waals surface area contributed by atoms with E-state index in [-0.39, 0.29) is 18.4 Å². The number of ether oxygens (including phenoxy) is 1. The average molecular weight is 230 g/mol. The lowest BCUT2D eigenvalue weighted by Gasteiger charge is -2.25. The van der Waals surface area contributed by atoms with Crippen LogP contribution in [-0.2, 0) is 14.3 Å². The summed E-state index contributed by atoms with van der Waals surface area (Å²) in [4.78, 5) is 24.5. The summed E-state index contributed by atoms with van der Waals surface area (Å²) in [6, 6.07) is -0.590. The Labute approximate surface area is 96.9 Å². The fourth-order valence-electron chi connectivity index (χ4n) is 1.32. The van der Waals surface area contributed by atoms with Crippen molar-refractivity contribution in [3.63, 3.8) is 0 Å². The molecule has 0 aliphatic heterocycles. The molecule has 5 nitrogen and oxygen atoms in total. The van der Waals surface area contributed by atoms with Crippen LogP contribution in [0.4, 0.5) is 0 Å². The van der Waals surface area contributed by atoms with Gasteiger partial charge in [0.05, 0.1) is 12.6 Å². The van der Waals surface area contributed by atoms with Gasteiger partial charge in [-0.3, -0.25) is 9.59 Å². The number of rotatable bonds is 6. The SMILES string of the molecule is CCOC(=O)CN(CC(C)C)C(=O)C(C)N. The molecule has 0 heterocycles. The molecule has 0 aromatic carbocycles. The van der Waals surface area contributed by atoms with Crippen molar-refractivity contribution in [1.82, 2.24) is 4.90 Å². The van der Waals surface area contributed by atoms with Gasteiger partial charge in [0.1, 0.15) is 6.54 Å². The number of amides is 1. The zero-order valence-corrected chi connectivity index (χ0v) is 10.5. The zero-order chi connectivity index (χ0) is 12.7.